The largest absolute Gasteiger partial charge is 0.395 e. The first-order valence-corrected chi connectivity index (χ1v) is 5.16. The van der Waals surface area contributed by atoms with Gasteiger partial charge in [0.15, 0.2) is 0 Å². The summed E-state index contributed by atoms with van der Waals surface area (Å²) in [5.74, 6) is 0. The molecule has 1 rings (SSSR count). The number of nitrogens with zero attached hydrogens (tertiary/aromatic N) is 1. The molecule has 0 saturated heterocycles. The van der Waals surface area contributed by atoms with Crippen molar-refractivity contribution in [3.05, 3.63) is 35.9 Å². The zero-order valence-corrected chi connectivity index (χ0v) is 9.40. The van der Waals surface area contributed by atoms with E-state index in [1.165, 1.54) is 5.56 Å². The molecule has 0 amide bonds. The van der Waals surface area contributed by atoms with Crippen LogP contribution < -0.4 is 0 Å². The Hall–Kier alpha value is -0.860. The van der Waals surface area contributed by atoms with Crippen molar-refractivity contribution < 1.29 is 5.11 Å². The Morgan fingerprint density at radius 1 is 1.14 bits per heavy atom. The molecule has 0 aliphatic heterocycles. The van der Waals surface area contributed by atoms with Crippen LogP contribution in [0.1, 0.15) is 19.4 Å². The highest BCUT2D eigenvalue weighted by Crippen LogP contribution is 2.01. The van der Waals surface area contributed by atoms with Crippen LogP contribution in [0.15, 0.2) is 30.3 Å². The van der Waals surface area contributed by atoms with E-state index in [0.717, 1.165) is 13.1 Å². The Balaban J connectivity index is 0.000000791. The number of aliphatic hydroxyl groups excluding tert-OH is 1. The average Bonchev–Trinajstić information content (AvgIpc) is 2.22. The zero-order chi connectivity index (χ0) is 10.8. The molecular formula is C12H21NO. The van der Waals surface area contributed by atoms with E-state index in [4.69, 9.17) is 5.11 Å². The second-order valence-electron chi connectivity index (χ2n) is 2.95. The third kappa shape index (κ3) is 5.73. The number of benzene rings is 1. The summed E-state index contributed by atoms with van der Waals surface area (Å²) >= 11 is 0. The van der Waals surface area contributed by atoms with Gasteiger partial charge in [0.05, 0.1) is 6.61 Å². The number of hydrogen-bond donors (Lipinski definition) is 1. The minimum Gasteiger partial charge on any atom is -0.395 e. The lowest BCUT2D eigenvalue weighted by Gasteiger charge is -2.14. The van der Waals surface area contributed by atoms with Crippen LogP contribution in [0.25, 0.3) is 0 Å². The smallest absolute Gasteiger partial charge is 0.0558 e. The maximum absolute atomic E-state index is 8.67. The molecule has 0 saturated carbocycles. The van der Waals surface area contributed by atoms with E-state index in [2.05, 4.69) is 17.0 Å². The summed E-state index contributed by atoms with van der Waals surface area (Å²) in [5.41, 5.74) is 1.29. The van der Waals surface area contributed by atoms with Crippen LogP contribution in [0.3, 0.4) is 0 Å². The molecule has 1 N–H and O–H groups in total. The standard InChI is InChI=1S/C10H15NO.C2H6/c1-11(7-8-12)9-10-5-3-2-4-6-10;1-2/h2-6,12H,7-9H2,1H3;1-2H3. The van der Waals surface area contributed by atoms with Gasteiger partial charge in [0.1, 0.15) is 0 Å². The van der Waals surface area contributed by atoms with E-state index in [1.807, 2.05) is 39.1 Å². The number of hydrogen-bond acceptors (Lipinski definition) is 2. The topological polar surface area (TPSA) is 23.5 Å². The molecule has 0 radical (unpaired) electrons. The first kappa shape index (κ1) is 13.1. The van der Waals surface area contributed by atoms with Crippen molar-refractivity contribution in [2.75, 3.05) is 20.2 Å². The molecule has 2 heteroatoms. The number of rotatable bonds is 4. The van der Waals surface area contributed by atoms with Crippen LogP contribution in [0.5, 0.6) is 0 Å². The van der Waals surface area contributed by atoms with Gasteiger partial charge in [-0.15, -0.1) is 0 Å². The lowest BCUT2D eigenvalue weighted by atomic mass is 10.2. The van der Waals surface area contributed by atoms with Crippen LogP contribution in [0.2, 0.25) is 0 Å². The molecule has 0 atom stereocenters. The van der Waals surface area contributed by atoms with Crippen molar-refractivity contribution in [1.82, 2.24) is 4.90 Å². The van der Waals surface area contributed by atoms with Crippen LogP contribution >= 0.6 is 0 Å². The maximum Gasteiger partial charge on any atom is 0.0558 e. The Morgan fingerprint density at radius 2 is 1.71 bits per heavy atom. The summed E-state index contributed by atoms with van der Waals surface area (Å²) in [4.78, 5) is 2.09. The summed E-state index contributed by atoms with van der Waals surface area (Å²) in [6.45, 7) is 5.86. The van der Waals surface area contributed by atoms with Crippen LogP contribution in [0.4, 0.5) is 0 Å². The highest BCUT2D eigenvalue weighted by Gasteiger charge is 1.97. The molecule has 0 aliphatic rings. The van der Waals surface area contributed by atoms with Gasteiger partial charge in [-0.2, -0.15) is 0 Å². The van der Waals surface area contributed by atoms with Crippen molar-refractivity contribution in [1.29, 1.82) is 0 Å². The van der Waals surface area contributed by atoms with Gasteiger partial charge >= 0.3 is 0 Å². The second-order valence-corrected chi connectivity index (χ2v) is 2.95. The molecule has 0 unspecified atom stereocenters. The van der Waals surface area contributed by atoms with E-state index in [0.29, 0.717) is 0 Å². The zero-order valence-electron chi connectivity index (χ0n) is 9.40. The molecule has 0 aromatic heterocycles. The summed E-state index contributed by atoms with van der Waals surface area (Å²) < 4.78 is 0. The van der Waals surface area contributed by atoms with Gasteiger partial charge in [-0.05, 0) is 12.6 Å². The molecule has 0 bridgehead atoms. The SMILES string of the molecule is CC.CN(CCO)Cc1ccccc1. The summed E-state index contributed by atoms with van der Waals surface area (Å²) in [6, 6.07) is 10.3. The van der Waals surface area contributed by atoms with E-state index < -0.39 is 0 Å². The molecule has 14 heavy (non-hydrogen) atoms. The van der Waals surface area contributed by atoms with Crippen LogP contribution in [-0.2, 0) is 6.54 Å². The maximum atomic E-state index is 8.67. The Kier molecular flexibility index (Phi) is 8.19. The summed E-state index contributed by atoms with van der Waals surface area (Å²) in [6.07, 6.45) is 0. The van der Waals surface area contributed by atoms with Gasteiger partial charge in [-0.3, -0.25) is 4.90 Å². The second kappa shape index (κ2) is 8.73. The Labute approximate surface area is 87.2 Å². The van der Waals surface area contributed by atoms with Crippen LogP contribution in [0, 0.1) is 0 Å². The molecule has 1 aromatic rings. The number of aliphatic hydroxyl groups is 1. The van der Waals surface area contributed by atoms with Gasteiger partial charge in [0, 0.05) is 13.1 Å². The Morgan fingerprint density at radius 3 is 2.21 bits per heavy atom. The summed E-state index contributed by atoms with van der Waals surface area (Å²) in [7, 11) is 2.00. The molecule has 0 spiro atoms. The predicted molar refractivity (Wildman–Crippen MR) is 61.2 cm³/mol. The van der Waals surface area contributed by atoms with Crippen molar-refractivity contribution in [2.45, 2.75) is 20.4 Å². The molecule has 2 nitrogen and oxygen atoms in total. The fraction of sp³-hybridized carbons (Fsp3) is 0.500. The van der Waals surface area contributed by atoms with Crippen molar-refractivity contribution in [3.8, 4) is 0 Å². The normalized spacial score (nSPS) is 9.50. The minimum atomic E-state index is 0.226. The summed E-state index contributed by atoms with van der Waals surface area (Å²) in [5, 5.41) is 8.67. The molecule has 0 fully saturated rings. The van der Waals surface area contributed by atoms with Gasteiger partial charge in [0.2, 0.25) is 0 Å². The fourth-order valence-electron chi connectivity index (χ4n) is 1.14. The third-order valence-electron chi connectivity index (χ3n) is 1.78. The highest BCUT2D eigenvalue weighted by molar-refractivity contribution is 5.14. The van der Waals surface area contributed by atoms with Gasteiger partial charge in [-0.1, -0.05) is 44.2 Å². The Bertz CT molecular complexity index is 211. The van der Waals surface area contributed by atoms with Crippen molar-refractivity contribution in [3.63, 3.8) is 0 Å². The molecule has 0 heterocycles. The monoisotopic (exact) mass is 195 g/mol. The fourth-order valence-corrected chi connectivity index (χ4v) is 1.14. The quantitative estimate of drug-likeness (QED) is 0.795. The lowest BCUT2D eigenvalue weighted by molar-refractivity contribution is 0.217. The average molecular weight is 195 g/mol. The van der Waals surface area contributed by atoms with E-state index >= 15 is 0 Å². The first-order valence-electron chi connectivity index (χ1n) is 5.16. The molecule has 0 aliphatic carbocycles. The van der Waals surface area contributed by atoms with Gasteiger partial charge < -0.3 is 5.11 Å². The minimum absolute atomic E-state index is 0.226. The first-order chi connectivity index (χ1) is 6.83. The van der Waals surface area contributed by atoms with E-state index in [1.54, 1.807) is 0 Å². The van der Waals surface area contributed by atoms with Crippen molar-refractivity contribution >= 4 is 0 Å². The number of likely N-dealkylation sites (N-methyl/N-ethyl adjacent to an activating group) is 1. The lowest BCUT2D eigenvalue weighted by Crippen LogP contribution is -2.21. The van der Waals surface area contributed by atoms with E-state index in [-0.39, 0.29) is 6.61 Å². The highest BCUT2D eigenvalue weighted by atomic mass is 16.3. The van der Waals surface area contributed by atoms with Gasteiger partial charge in [-0.25, -0.2) is 0 Å². The van der Waals surface area contributed by atoms with Gasteiger partial charge in [0.25, 0.3) is 0 Å². The predicted octanol–water partition coefficient (Wildman–Crippen LogP) is 2.14. The third-order valence-corrected chi connectivity index (χ3v) is 1.78. The molecule has 80 valence electrons. The van der Waals surface area contributed by atoms with Crippen molar-refractivity contribution in [2.24, 2.45) is 0 Å². The molecule has 1 aromatic carbocycles. The van der Waals surface area contributed by atoms with E-state index in [9.17, 15) is 0 Å². The molecular weight excluding hydrogens is 174 g/mol. The van der Waals surface area contributed by atoms with Crippen LogP contribution in [-0.4, -0.2) is 30.2 Å².